The van der Waals surface area contributed by atoms with E-state index in [1.165, 1.54) is 13.3 Å². The highest BCUT2D eigenvalue weighted by atomic mass is 35.5. The van der Waals surface area contributed by atoms with E-state index in [4.69, 9.17) is 35.8 Å². The van der Waals surface area contributed by atoms with Crippen molar-refractivity contribution >= 4 is 51.5 Å². The number of piperidine rings is 2. The quantitative estimate of drug-likeness (QED) is 0.199. The van der Waals surface area contributed by atoms with Crippen LogP contribution in [0.25, 0.3) is 22.1 Å². The van der Waals surface area contributed by atoms with Gasteiger partial charge in [-0.05, 0) is 92.4 Å². The number of carbonyl (C=O) groups is 2. The zero-order valence-corrected chi connectivity index (χ0v) is 34.5. The molecule has 2 aliphatic heterocycles. The summed E-state index contributed by atoms with van der Waals surface area (Å²) < 4.78 is 20.7. The van der Waals surface area contributed by atoms with Gasteiger partial charge in [-0.25, -0.2) is 19.6 Å². The Hall–Kier alpha value is -5.71. The predicted octanol–water partition coefficient (Wildman–Crippen LogP) is 6.43. The lowest BCUT2D eigenvalue weighted by molar-refractivity contribution is 0.0484. The molecule has 2 aliphatic rings. The lowest BCUT2D eigenvalue weighted by atomic mass is 10.0. The van der Waals surface area contributed by atoms with Crippen molar-refractivity contribution in [1.29, 1.82) is 10.5 Å². The molecule has 0 bridgehead atoms. The first-order valence-corrected chi connectivity index (χ1v) is 19.0. The van der Waals surface area contributed by atoms with Gasteiger partial charge in [-0.3, -0.25) is 9.97 Å². The third kappa shape index (κ3) is 13.2. The van der Waals surface area contributed by atoms with Crippen LogP contribution < -0.4 is 30.3 Å². The van der Waals surface area contributed by atoms with Gasteiger partial charge in [-0.2, -0.15) is 10.5 Å². The summed E-state index contributed by atoms with van der Waals surface area (Å²) >= 11 is 5.99. The molecule has 0 unspecified atom stereocenters. The largest absolute Gasteiger partial charge is 0.481 e. The number of hydrogen-bond donors (Lipinski definition) is 3. The topological polar surface area (TPSA) is 210 Å². The molecule has 16 nitrogen and oxygen atoms in total. The third-order valence-corrected chi connectivity index (χ3v) is 8.92. The molecular weight excluding hydrogens is 752 g/mol. The van der Waals surface area contributed by atoms with Crippen LogP contribution in [0.3, 0.4) is 0 Å². The molecule has 17 heteroatoms. The van der Waals surface area contributed by atoms with E-state index in [0.29, 0.717) is 63.1 Å². The first-order valence-electron chi connectivity index (χ1n) is 18.6. The maximum atomic E-state index is 12.0. The van der Waals surface area contributed by atoms with Crippen LogP contribution >= 0.6 is 11.6 Å². The first-order chi connectivity index (χ1) is 27.0. The number of anilines is 1. The molecule has 0 atom stereocenters. The highest BCUT2D eigenvalue weighted by Gasteiger charge is 2.27. The van der Waals surface area contributed by atoms with E-state index in [9.17, 15) is 14.9 Å². The van der Waals surface area contributed by atoms with Crippen molar-refractivity contribution < 1.29 is 28.5 Å². The van der Waals surface area contributed by atoms with Crippen molar-refractivity contribution in [2.45, 2.75) is 90.5 Å². The summed E-state index contributed by atoms with van der Waals surface area (Å²) in [6.45, 7) is 14.5. The van der Waals surface area contributed by atoms with Crippen molar-refractivity contribution in [3.8, 4) is 23.9 Å². The highest BCUT2D eigenvalue weighted by molar-refractivity contribution is 6.36. The van der Waals surface area contributed by atoms with Crippen LogP contribution in [-0.4, -0.2) is 95.8 Å². The number of nitriles is 2. The van der Waals surface area contributed by atoms with Gasteiger partial charge < -0.3 is 39.8 Å². The number of methoxy groups -OCH3 is 2. The van der Waals surface area contributed by atoms with Crippen LogP contribution in [0.1, 0.15) is 78.4 Å². The number of alkyl carbamates (subject to hydrolysis) is 2. The molecule has 0 radical (unpaired) electrons. The lowest BCUT2D eigenvalue weighted by Gasteiger charge is -2.34. The fourth-order valence-corrected chi connectivity index (χ4v) is 6.15. The van der Waals surface area contributed by atoms with E-state index in [2.05, 4.69) is 46.9 Å². The van der Waals surface area contributed by atoms with Crippen LogP contribution in [0.15, 0.2) is 36.7 Å². The molecule has 6 heterocycles. The van der Waals surface area contributed by atoms with E-state index in [1.54, 1.807) is 31.5 Å². The predicted molar refractivity (Wildman–Crippen MR) is 216 cm³/mol. The minimum Gasteiger partial charge on any atom is -0.481 e. The number of aromatic nitrogens is 4. The molecule has 4 aromatic heterocycles. The fourth-order valence-electron chi connectivity index (χ4n) is 5.92. The SMILES string of the molecule is CC(C)(C)OC(=O)NC1CCNCC1.COc1ccc2ncc(C#N)c(Cl)c2n1.COc1ccc2ncc(C#N)c(N3CCC(NC(=O)OC(C)(C)C)CC3)c2n1. The van der Waals surface area contributed by atoms with E-state index < -0.39 is 17.3 Å². The Morgan fingerprint density at radius 3 is 1.68 bits per heavy atom. The molecule has 2 saturated heterocycles. The highest BCUT2D eigenvalue weighted by Crippen LogP contribution is 2.32. The van der Waals surface area contributed by atoms with Gasteiger partial charge in [0.1, 0.15) is 34.4 Å². The fraction of sp³-hybridized carbons (Fsp3) is 0.500. The Labute approximate surface area is 338 Å². The summed E-state index contributed by atoms with van der Waals surface area (Å²) in [4.78, 5) is 42.5. The lowest BCUT2D eigenvalue weighted by Crippen LogP contribution is -2.46. The molecule has 4 aromatic rings. The second-order valence-corrected chi connectivity index (χ2v) is 15.6. The Kier molecular flexibility index (Phi) is 15.4. The van der Waals surface area contributed by atoms with Gasteiger partial charge in [0.05, 0.1) is 47.1 Å². The number of halogens is 1. The third-order valence-electron chi connectivity index (χ3n) is 8.54. The number of pyridine rings is 4. The van der Waals surface area contributed by atoms with E-state index in [1.807, 2.05) is 53.7 Å². The zero-order valence-electron chi connectivity index (χ0n) is 33.7. The van der Waals surface area contributed by atoms with Gasteiger partial charge >= 0.3 is 12.2 Å². The van der Waals surface area contributed by atoms with Gasteiger partial charge in [0.15, 0.2) is 0 Å². The number of fused-ring (bicyclic) bond motifs is 2. The monoisotopic (exact) mass is 802 g/mol. The van der Waals surface area contributed by atoms with Crippen LogP contribution in [0.2, 0.25) is 5.02 Å². The minimum atomic E-state index is -0.521. The summed E-state index contributed by atoms with van der Waals surface area (Å²) in [5.74, 6) is 0.924. The Balaban J connectivity index is 0.000000209. The van der Waals surface area contributed by atoms with Crippen molar-refractivity contribution in [2.75, 3.05) is 45.3 Å². The summed E-state index contributed by atoms with van der Waals surface area (Å²) in [6.07, 6.45) is 5.78. The maximum absolute atomic E-state index is 12.0. The van der Waals surface area contributed by atoms with Gasteiger partial charge in [-0.15, -0.1) is 0 Å². The summed E-state index contributed by atoms with van der Waals surface area (Å²) in [5.41, 5.74) is 3.11. The first kappa shape index (κ1) is 44.0. The second kappa shape index (κ2) is 19.9. The smallest absolute Gasteiger partial charge is 0.407 e. The standard InChI is InChI=1S/C20H25N5O3.C10H6ClN3O.C10H20N2O2/c1-20(2,3)28-19(26)23-14-7-9-25(10-8-14)18-13(11-21)12-22-15-5-6-16(27-4)24-17(15)18;1-15-8-3-2-7-10(14-8)9(11)6(4-12)5-13-7;1-10(2,3)14-9(13)12-8-4-6-11-7-5-8/h5-6,12,14H,7-10H2,1-4H3,(H,23,26);2-3,5H,1H3;8,11H,4-7H2,1-3H3,(H,12,13). The number of nitrogens with one attached hydrogen (secondary N) is 3. The minimum absolute atomic E-state index is 0.0345. The second-order valence-electron chi connectivity index (χ2n) is 15.3. The average molecular weight is 803 g/mol. The summed E-state index contributed by atoms with van der Waals surface area (Å²) in [5, 5.41) is 27.7. The average Bonchev–Trinajstić information content (AvgIpc) is 3.17. The van der Waals surface area contributed by atoms with Crippen molar-refractivity contribution in [3.05, 3.63) is 52.8 Å². The number of hydrogen-bond acceptors (Lipinski definition) is 14. The Morgan fingerprint density at radius 1 is 0.754 bits per heavy atom. The number of rotatable bonds is 5. The molecule has 0 spiro atoms. The summed E-state index contributed by atoms with van der Waals surface area (Å²) in [6, 6.07) is 11.5. The van der Waals surface area contributed by atoms with Gasteiger partial charge in [-0.1, -0.05) is 11.6 Å². The number of carbonyl (C=O) groups excluding carboxylic acids is 2. The van der Waals surface area contributed by atoms with Crippen molar-refractivity contribution in [3.63, 3.8) is 0 Å². The van der Waals surface area contributed by atoms with Crippen LogP contribution in [0.4, 0.5) is 15.3 Å². The van der Waals surface area contributed by atoms with E-state index in [0.717, 1.165) is 44.5 Å². The maximum Gasteiger partial charge on any atom is 0.407 e. The number of amides is 2. The Morgan fingerprint density at radius 2 is 1.21 bits per heavy atom. The zero-order chi connectivity index (χ0) is 41.8. The summed E-state index contributed by atoms with van der Waals surface area (Å²) in [7, 11) is 3.08. The molecule has 0 saturated carbocycles. The van der Waals surface area contributed by atoms with Gasteiger partial charge in [0.25, 0.3) is 0 Å². The molecule has 2 amide bonds. The van der Waals surface area contributed by atoms with E-state index >= 15 is 0 Å². The van der Waals surface area contributed by atoms with Crippen LogP contribution in [0.5, 0.6) is 11.8 Å². The molecule has 0 aromatic carbocycles. The van der Waals surface area contributed by atoms with E-state index in [-0.39, 0.29) is 18.2 Å². The number of ether oxygens (including phenoxy) is 4. The Bertz CT molecular complexity index is 2090. The normalized spacial score (nSPS) is 14.8. The molecule has 3 N–H and O–H groups in total. The van der Waals surface area contributed by atoms with Crippen LogP contribution in [0, 0.1) is 22.7 Å². The molecule has 304 valence electrons. The molecule has 57 heavy (non-hydrogen) atoms. The van der Waals surface area contributed by atoms with Crippen molar-refractivity contribution in [2.24, 2.45) is 0 Å². The molecule has 0 aliphatic carbocycles. The molecule has 2 fully saturated rings. The molecule has 6 rings (SSSR count). The van der Waals surface area contributed by atoms with Gasteiger partial charge in [0, 0.05) is 49.7 Å². The molecular formula is C40H51ClN10O6. The van der Waals surface area contributed by atoms with Gasteiger partial charge in [0.2, 0.25) is 11.8 Å². The number of nitrogens with zero attached hydrogens (tertiary/aromatic N) is 7. The van der Waals surface area contributed by atoms with Crippen LogP contribution in [-0.2, 0) is 9.47 Å². The van der Waals surface area contributed by atoms with Crippen molar-refractivity contribution in [1.82, 2.24) is 35.9 Å².